The third-order valence-corrected chi connectivity index (χ3v) is 5.52. The summed E-state index contributed by atoms with van der Waals surface area (Å²) in [6.07, 6.45) is 1.52. The van der Waals surface area contributed by atoms with Crippen LogP contribution in [0.3, 0.4) is 0 Å². The van der Waals surface area contributed by atoms with Gasteiger partial charge in [-0.2, -0.15) is 0 Å². The van der Waals surface area contributed by atoms with Crippen molar-refractivity contribution >= 4 is 27.9 Å². The highest BCUT2D eigenvalue weighted by Crippen LogP contribution is 2.48. The van der Waals surface area contributed by atoms with Gasteiger partial charge in [0.2, 0.25) is 5.91 Å². The lowest BCUT2D eigenvalue weighted by Gasteiger charge is -2.21. The molecule has 0 unspecified atom stereocenters. The van der Waals surface area contributed by atoms with E-state index in [0.29, 0.717) is 13.1 Å². The van der Waals surface area contributed by atoms with E-state index >= 15 is 0 Å². The first-order chi connectivity index (χ1) is 11.4. The first-order valence-electron chi connectivity index (χ1n) is 8.15. The number of primary amides is 1. The summed E-state index contributed by atoms with van der Waals surface area (Å²) in [6.45, 7) is 1.18. The van der Waals surface area contributed by atoms with Crippen LogP contribution >= 0.6 is 15.9 Å². The zero-order valence-corrected chi connectivity index (χ0v) is 15.0. The molecule has 2 atom stereocenters. The number of aliphatic hydroxyl groups is 1. The van der Waals surface area contributed by atoms with E-state index in [-0.39, 0.29) is 30.3 Å². The molecule has 7 heteroatoms. The highest BCUT2D eigenvalue weighted by atomic mass is 79.9. The molecule has 1 saturated heterocycles. The molecule has 130 valence electrons. The average molecular weight is 396 g/mol. The van der Waals surface area contributed by atoms with Crippen molar-refractivity contribution < 1.29 is 14.7 Å². The molecule has 1 aliphatic carbocycles. The van der Waals surface area contributed by atoms with Gasteiger partial charge in [0.25, 0.3) is 0 Å². The minimum absolute atomic E-state index is 0.0183. The molecule has 0 bridgehead atoms. The number of likely N-dealkylation sites (tertiary alicyclic amines) is 1. The number of nitrogens with one attached hydrogen (secondary N) is 1. The Bertz CT molecular complexity index is 648. The lowest BCUT2D eigenvalue weighted by atomic mass is 9.96. The number of nitrogens with two attached hydrogens (primary N) is 1. The lowest BCUT2D eigenvalue weighted by molar-refractivity contribution is -0.119. The van der Waals surface area contributed by atoms with Crippen molar-refractivity contribution in [2.24, 2.45) is 11.7 Å². The summed E-state index contributed by atoms with van der Waals surface area (Å²) in [5.41, 5.74) is 6.43. The van der Waals surface area contributed by atoms with Crippen molar-refractivity contribution in [3.05, 3.63) is 34.3 Å². The quantitative estimate of drug-likeness (QED) is 0.701. The third-order valence-electron chi connectivity index (χ3n) is 5.03. The van der Waals surface area contributed by atoms with E-state index in [9.17, 15) is 14.7 Å². The van der Waals surface area contributed by atoms with Crippen molar-refractivity contribution in [1.29, 1.82) is 0 Å². The number of carbonyl (C=O) groups is 2. The first-order valence-corrected chi connectivity index (χ1v) is 8.94. The van der Waals surface area contributed by atoms with E-state index in [0.717, 1.165) is 17.3 Å². The maximum Gasteiger partial charge on any atom is 0.317 e. The van der Waals surface area contributed by atoms with Crippen molar-refractivity contribution in [1.82, 2.24) is 10.2 Å². The van der Waals surface area contributed by atoms with Crippen LogP contribution in [0.4, 0.5) is 4.79 Å². The van der Waals surface area contributed by atoms with Gasteiger partial charge in [0.1, 0.15) is 0 Å². The summed E-state index contributed by atoms with van der Waals surface area (Å²) in [5.74, 6) is -0.721. The van der Waals surface area contributed by atoms with Crippen LogP contribution in [0.15, 0.2) is 28.7 Å². The smallest absolute Gasteiger partial charge is 0.317 e. The Labute approximate surface area is 149 Å². The third kappa shape index (κ3) is 3.72. The molecular weight excluding hydrogens is 374 g/mol. The largest absolute Gasteiger partial charge is 0.391 e. The number of carbonyl (C=O) groups excluding carboxylic acids is 2. The Hall–Kier alpha value is -1.60. The average Bonchev–Trinajstić information content (AvgIpc) is 3.24. The molecule has 1 aromatic carbocycles. The number of urea groups is 1. The fourth-order valence-electron chi connectivity index (χ4n) is 3.37. The van der Waals surface area contributed by atoms with Gasteiger partial charge in [-0.15, -0.1) is 0 Å². The number of hydrogen-bond donors (Lipinski definition) is 3. The van der Waals surface area contributed by atoms with E-state index in [1.54, 1.807) is 4.90 Å². The number of nitrogens with zero attached hydrogens (tertiary/aromatic N) is 1. The molecule has 1 aromatic rings. The molecule has 1 aliphatic heterocycles. The van der Waals surface area contributed by atoms with Gasteiger partial charge in [-0.3, -0.25) is 4.79 Å². The Morgan fingerprint density at radius 2 is 2.12 bits per heavy atom. The molecule has 2 aliphatic rings. The summed E-state index contributed by atoms with van der Waals surface area (Å²) in [7, 11) is 0. The van der Waals surface area contributed by atoms with Crippen LogP contribution in [-0.4, -0.2) is 47.7 Å². The molecule has 2 fully saturated rings. The SMILES string of the molecule is NC(=O)C[C@@H]1CN(C(=O)NCC2(c3cccc(Br)c3)CC2)C[C@H]1O. The maximum atomic E-state index is 12.4. The summed E-state index contributed by atoms with van der Waals surface area (Å²) in [5, 5.41) is 13.0. The van der Waals surface area contributed by atoms with E-state index in [4.69, 9.17) is 5.73 Å². The number of β-amino-alcohol motifs (C(OH)–C–C–N with tert-alkyl or cyclic N) is 1. The summed E-state index contributed by atoms with van der Waals surface area (Å²) < 4.78 is 1.04. The van der Waals surface area contributed by atoms with Gasteiger partial charge in [-0.05, 0) is 30.5 Å². The molecule has 1 saturated carbocycles. The lowest BCUT2D eigenvalue weighted by Crippen LogP contribution is -2.42. The predicted octanol–water partition coefficient (Wildman–Crippen LogP) is 1.36. The number of amides is 3. The molecular formula is C17H22BrN3O3. The first kappa shape index (κ1) is 17.2. The van der Waals surface area contributed by atoms with Gasteiger partial charge in [-0.1, -0.05) is 28.1 Å². The maximum absolute atomic E-state index is 12.4. The standard InChI is InChI=1S/C17H22BrN3O3/c18-13-3-1-2-12(7-13)17(4-5-17)10-20-16(24)21-8-11(6-15(19)23)14(22)9-21/h1-3,7,11,14,22H,4-6,8-10H2,(H2,19,23)(H,20,24)/t11-,14-/m1/s1. The van der Waals surface area contributed by atoms with Crippen molar-refractivity contribution in [3.63, 3.8) is 0 Å². The van der Waals surface area contributed by atoms with E-state index in [1.165, 1.54) is 5.56 Å². The number of rotatable bonds is 5. The van der Waals surface area contributed by atoms with Gasteiger partial charge >= 0.3 is 6.03 Å². The van der Waals surface area contributed by atoms with Crippen molar-refractivity contribution in [2.75, 3.05) is 19.6 Å². The highest BCUT2D eigenvalue weighted by molar-refractivity contribution is 9.10. The van der Waals surface area contributed by atoms with Crippen LogP contribution in [0.1, 0.15) is 24.8 Å². The fraction of sp³-hybridized carbons (Fsp3) is 0.529. The Kier molecular flexibility index (Phi) is 4.83. The van der Waals surface area contributed by atoms with Gasteiger partial charge in [0, 0.05) is 41.9 Å². The van der Waals surface area contributed by atoms with Crippen LogP contribution < -0.4 is 11.1 Å². The second-order valence-corrected chi connectivity index (χ2v) is 7.77. The molecule has 0 spiro atoms. The molecule has 4 N–H and O–H groups in total. The van der Waals surface area contributed by atoms with Crippen molar-refractivity contribution in [3.8, 4) is 0 Å². The van der Waals surface area contributed by atoms with Crippen molar-refractivity contribution in [2.45, 2.75) is 30.8 Å². The number of benzene rings is 1. The van der Waals surface area contributed by atoms with Crippen LogP contribution in [0.5, 0.6) is 0 Å². The Morgan fingerprint density at radius 3 is 2.75 bits per heavy atom. The van der Waals surface area contributed by atoms with E-state index in [2.05, 4.69) is 33.4 Å². The van der Waals surface area contributed by atoms with Gasteiger partial charge in [0.05, 0.1) is 6.10 Å². The minimum atomic E-state index is -0.691. The summed E-state index contributed by atoms with van der Waals surface area (Å²) in [6, 6.07) is 7.99. The van der Waals surface area contributed by atoms with E-state index in [1.807, 2.05) is 12.1 Å². The second kappa shape index (κ2) is 6.72. The summed E-state index contributed by atoms with van der Waals surface area (Å²) in [4.78, 5) is 25.0. The molecule has 3 rings (SSSR count). The molecule has 1 heterocycles. The Morgan fingerprint density at radius 1 is 1.38 bits per heavy atom. The van der Waals surface area contributed by atoms with Gasteiger partial charge < -0.3 is 21.1 Å². The Balaban J connectivity index is 1.56. The van der Waals surface area contributed by atoms with Gasteiger partial charge in [-0.25, -0.2) is 4.79 Å². The molecule has 0 radical (unpaired) electrons. The van der Waals surface area contributed by atoms with Crippen LogP contribution in [0.25, 0.3) is 0 Å². The predicted molar refractivity (Wildman–Crippen MR) is 93.3 cm³/mol. The zero-order valence-electron chi connectivity index (χ0n) is 13.4. The summed E-state index contributed by atoms with van der Waals surface area (Å²) >= 11 is 3.49. The number of hydrogen-bond acceptors (Lipinski definition) is 3. The van der Waals surface area contributed by atoms with Crippen LogP contribution in [-0.2, 0) is 10.2 Å². The molecule has 0 aromatic heterocycles. The second-order valence-electron chi connectivity index (χ2n) is 6.85. The van der Waals surface area contributed by atoms with Crippen LogP contribution in [0.2, 0.25) is 0 Å². The monoisotopic (exact) mass is 395 g/mol. The minimum Gasteiger partial charge on any atom is -0.391 e. The topological polar surface area (TPSA) is 95.7 Å². The van der Waals surface area contributed by atoms with E-state index < -0.39 is 12.0 Å². The van der Waals surface area contributed by atoms with Gasteiger partial charge in [0.15, 0.2) is 0 Å². The molecule has 6 nitrogen and oxygen atoms in total. The molecule has 3 amide bonds. The highest BCUT2D eigenvalue weighted by Gasteiger charge is 2.45. The zero-order chi connectivity index (χ0) is 17.3. The normalized spacial score (nSPS) is 24.7. The number of halogens is 1. The van der Waals surface area contributed by atoms with Crippen LogP contribution in [0, 0.1) is 5.92 Å². The fourth-order valence-corrected chi connectivity index (χ4v) is 3.77. The molecule has 24 heavy (non-hydrogen) atoms. The number of aliphatic hydroxyl groups excluding tert-OH is 1.